The number of carbonyl (C=O) groups is 2. The highest BCUT2D eigenvalue weighted by Gasteiger charge is 2.51. The Morgan fingerprint density at radius 2 is 1.62 bits per heavy atom. The standard InChI is InChI=1S/C22H29NO3/c1-14(17-6-4-3-5-7-17)23(2)20(24)13-26-22(25)21-18-9-15-8-16(11-18)12-19(21)10-15/h3-7,14-16,18-19,21H,8-13H2,1-2H3. The molecule has 4 bridgehead atoms. The van der Waals surface area contributed by atoms with Crippen molar-refractivity contribution in [3.8, 4) is 0 Å². The molecule has 4 heteroatoms. The van der Waals surface area contributed by atoms with E-state index in [0.717, 1.165) is 17.4 Å². The average molecular weight is 355 g/mol. The summed E-state index contributed by atoms with van der Waals surface area (Å²) in [6.45, 7) is 1.85. The number of carbonyl (C=O) groups excluding carboxylic acids is 2. The molecular formula is C22H29NO3. The first-order valence-electron chi connectivity index (χ1n) is 10.00. The summed E-state index contributed by atoms with van der Waals surface area (Å²) in [6.07, 6.45) is 6.12. The maximum absolute atomic E-state index is 12.7. The Morgan fingerprint density at radius 1 is 1.04 bits per heavy atom. The van der Waals surface area contributed by atoms with Crippen molar-refractivity contribution in [3.63, 3.8) is 0 Å². The van der Waals surface area contributed by atoms with Crippen molar-refractivity contribution >= 4 is 11.9 Å². The smallest absolute Gasteiger partial charge is 0.310 e. The number of hydrogen-bond acceptors (Lipinski definition) is 3. The normalized spacial score (nSPS) is 32.9. The van der Waals surface area contributed by atoms with Crippen molar-refractivity contribution < 1.29 is 14.3 Å². The van der Waals surface area contributed by atoms with Crippen LogP contribution in [0.15, 0.2) is 30.3 Å². The maximum atomic E-state index is 12.7. The SMILES string of the molecule is CC(c1ccccc1)N(C)C(=O)COC(=O)C1C2CC3CC(C2)CC1C3. The van der Waals surface area contributed by atoms with Crippen LogP contribution in [0.25, 0.3) is 0 Å². The summed E-state index contributed by atoms with van der Waals surface area (Å²) in [4.78, 5) is 26.9. The van der Waals surface area contributed by atoms with Gasteiger partial charge in [0.2, 0.25) is 0 Å². The van der Waals surface area contributed by atoms with E-state index in [9.17, 15) is 9.59 Å². The van der Waals surface area contributed by atoms with Gasteiger partial charge in [0, 0.05) is 7.05 Å². The van der Waals surface area contributed by atoms with Crippen LogP contribution in [0.1, 0.15) is 50.6 Å². The van der Waals surface area contributed by atoms with Gasteiger partial charge in [-0.3, -0.25) is 9.59 Å². The van der Waals surface area contributed by atoms with Crippen LogP contribution in [0.2, 0.25) is 0 Å². The molecule has 1 aromatic rings. The second kappa shape index (κ2) is 7.05. The minimum Gasteiger partial charge on any atom is -0.455 e. The molecule has 0 heterocycles. The Balaban J connectivity index is 1.32. The molecule has 5 rings (SSSR count). The largest absolute Gasteiger partial charge is 0.455 e. The fraction of sp³-hybridized carbons (Fsp3) is 0.636. The zero-order valence-electron chi connectivity index (χ0n) is 15.8. The van der Waals surface area contributed by atoms with Crippen molar-refractivity contribution in [2.75, 3.05) is 13.7 Å². The van der Waals surface area contributed by atoms with E-state index >= 15 is 0 Å². The van der Waals surface area contributed by atoms with Gasteiger partial charge in [0.25, 0.3) is 5.91 Å². The number of rotatable bonds is 5. The fourth-order valence-corrected chi connectivity index (χ4v) is 5.81. The second-order valence-corrected chi connectivity index (χ2v) is 8.66. The zero-order chi connectivity index (χ0) is 18.3. The fourth-order valence-electron chi connectivity index (χ4n) is 5.81. The van der Waals surface area contributed by atoms with Crippen LogP contribution in [-0.4, -0.2) is 30.4 Å². The molecule has 0 aromatic heterocycles. The van der Waals surface area contributed by atoms with Gasteiger partial charge in [0.1, 0.15) is 0 Å². The van der Waals surface area contributed by atoms with Crippen LogP contribution in [0.3, 0.4) is 0 Å². The molecule has 0 spiro atoms. The molecule has 4 aliphatic rings. The number of amides is 1. The van der Waals surface area contributed by atoms with Gasteiger partial charge in [-0.15, -0.1) is 0 Å². The summed E-state index contributed by atoms with van der Waals surface area (Å²) in [7, 11) is 1.77. The van der Waals surface area contributed by atoms with Gasteiger partial charge in [-0.2, -0.15) is 0 Å². The van der Waals surface area contributed by atoms with Crippen LogP contribution in [-0.2, 0) is 14.3 Å². The number of ether oxygens (including phenoxy) is 1. The highest BCUT2D eigenvalue weighted by atomic mass is 16.5. The molecule has 4 fully saturated rings. The van der Waals surface area contributed by atoms with Crippen molar-refractivity contribution in [3.05, 3.63) is 35.9 Å². The molecule has 0 aliphatic heterocycles. The van der Waals surface area contributed by atoms with Gasteiger partial charge in [0.05, 0.1) is 12.0 Å². The van der Waals surface area contributed by atoms with Crippen molar-refractivity contribution in [1.29, 1.82) is 0 Å². The zero-order valence-corrected chi connectivity index (χ0v) is 15.8. The molecule has 4 aliphatic carbocycles. The molecule has 26 heavy (non-hydrogen) atoms. The molecule has 0 saturated heterocycles. The topological polar surface area (TPSA) is 46.6 Å². The van der Waals surface area contributed by atoms with Gasteiger partial charge < -0.3 is 9.64 Å². The first kappa shape index (κ1) is 17.6. The maximum Gasteiger partial charge on any atom is 0.310 e. The second-order valence-electron chi connectivity index (χ2n) is 8.66. The third-order valence-corrected chi connectivity index (χ3v) is 7.09. The Hall–Kier alpha value is -1.84. The summed E-state index contributed by atoms with van der Waals surface area (Å²) in [6, 6.07) is 9.88. The lowest BCUT2D eigenvalue weighted by Gasteiger charge is -2.53. The Bertz CT molecular complexity index is 643. The molecule has 1 unspecified atom stereocenters. The lowest BCUT2D eigenvalue weighted by molar-refractivity contribution is -0.166. The van der Waals surface area contributed by atoms with Crippen LogP contribution in [0, 0.1) is 29.6 Å². The number of nitrogens with zero attached hydrogens (tertiary/aromatic N) is 1. The molecule has 1 amide bonds. The number of likely N-dealkylation sites (N-methyl/N-ethyl adjacent to an activating group) is 1. The van der Waals surface area contributed by atoms with E-state index in [1.54, 1.807) is 11.9 Å². The third kappa shape index (κ3) is 3.26. The van der Waals surface area contributed by atoms with Gasteiger partial charge in [0.15, 0.2) is 6.61 Å². The van der Waals surface area contributed by atoms with Gasteiger partial charge in [-0.1, -0.05) is 30.3 Å². The number of hydrogen-bond donors (Lipinski definition) is 0. The first-order valence-corrected chi connectivity index (χ1v) is 10.00. The molecule has 1 aromatic carbocycles. The Labute approximate surface area is 155 Å². The van der Waals surface area contributed by atoms with E-state index in [4.69, 9.17) is 4.74 Å². The summed E-state index contributed by atoms with van der Waals surface area (Å²) >= 11 is 0. The minimum atomic E-state index is -0.144. The van der Waals surface area contributed by atoms with Gasteiger partial charge in [-0.05, 0) is 68.3 Å². The highest BCUT2D eigenvalue weighted by molar-refractivity contribution is 5.81. The highest BCUT2D eigenvalue weighted by Crippen LogP contribution is 2.56. The van der Waals surface area contributed by atoms with Crippen molar-refractivity contribution in [2.24, 2.45) is 29.6 Å². The molecular weight excluding hydrogens is 326 g/mol. The van der Waals surface area contributed by atoms with E-state index in [0.29, 0.717) is 11.8 Å². The summed E-state index contributed by atoms with van der Waals surface area (Å²) in [5.41, 5.74) is 1.08. The third-order valence-electron chi connectivity index (χ3n) is 7.09. The van der Waals surface area contributed by atoms with Crippen LogP contribution in [0.5, 0.6) is 0 Å². The average Bonchev–Trinajstić information content (AvgIpc) is 2.64. The first-order chi connectivity index (χ1) is 12.5. The van der Waals surface area contributed by atoms with Gasteiger partial charge in [-0.25, -0.2) is 0 Å². The summed E-state index contributed by atoms with van der Waals surface area (Å²) < 4.78 is 5.51. The molecule has 1 atom stereocenters. The lowest BCUT2D eigenvalue weighted by Crippen LogP contribution is -2.48. The van der Waals surface area contributed by atoms with E-state index < -0.39 is 0 Å². The quantitative estimate of drug-likeness (QED) is 0.754. The minimum absolute atomic E-state index is 0.0347. The summed E-state index contributed by atoms with van der Waals surface area (Å²) in [5.74, 6) is 2.42. The van der Waals surface area contributed by atoms with Crippen LogP contribution in [0.4, 0.5) is 0 Å². The predicted octanol–water partition coefficient (Wildman–Crippen LogP) is 3.82. The Morgan fingerprint density at radius 3 is 2.19 bits per heavy atom. The van der Waals surface area contributed by atoms with E-state index in [1.807, 2.05) is 37.3 Å². The molecule has 0 radical (unpaired) electrons. The van der Waals surface area contributed by atoms with Gasteiger partial charge >= 0.3 is 5.97 Å². The van der Waals surface area contributed by atoms with Crippen LogP contribution < -0.4 is 0 Å². The van der Waals surface area contributed by atoms with E-state index in [2.05, 4.69) is 0 Å². The van der Waals surface area contributed by atoms with Crippen molar-refractivity contribution in [2.45, 2.75) is 45.1 Å². The summed E-state index contributed by atoms with van der Waals surface area (Å²) in [5, 5.41) is 0. The predicted molar refractivity (Wildman–Crippen MR) is 99.1 cm³/mol. The molecule has 0 N–H and O–H groups in total. The molecule has 4 saturated carbocycles. The van der Waals surface area contributed by atoms with E-state index in [1.165, 1.54) is 32.1 Å². The Kier molecular flexibility index (Phi) is 4.76. The van der Waals surface area contributed by atoms with Crippen LogP contribution >= 0.6 is 0 Å². The monoisotopic (exact) mass is 355 g/mol. The number of benzene rings is 1. The van der Waals surface area contributed by atoms with E-state index in [-0.39, 0.29) is 30.4 Å². The number of esters is 1. The van der Waals surface area contributed by atoms with Crippen molar-refractivity contribution in [1.82, 2.24) is 4.90 Å². The molecule has 4 nitrogen and oxygen atoms in total. The molecule has 140 valence electrons. The lowest BCUT2D eigenvalue weighted by atomic mass is 9.52.